The molecule has 1 saturated heterocycles. The number of thioether (sulfide) groups is 1. The number of rotatable bonds is 4. The number of halogens is 4. The number of nitrogens with zero attached hydrogens (tertiary/aromatic N) is 1. The number of guanidine groups is 1. The standard InChI is InChI=1S/C16H28F3N3S.HI/c1-20-15(21-10-12-5-7-23-8-6-12)22-11-13-3-2-4-14(9-13)16(17,18)19;/h12-14H,2-11H2,1H3,(H2,20,21,22);1H. The van der Waals surface area contributed by atoms with Gasteiger partial charge in [0, 0.05) is 20.1 Å². The third-order valence-corrected chi connectivity index (χ3v) is 5.98. The lowest BCUT2D eigenvalue weighted by Gasteiger charge is -2.31. The fourth-order valence-corrected chi connectivity index (χ4v) is 4.63. The van der Waals surface area contributed by atoms with Crippen molar-refractivity contribution in [3.63, 3.8) is 0 Å². The molecule has 0 spiro atoms. The lowest BCUT2D eigenvalue weighted by atomic mass is 9.81. The minimum absolute atomic E-state index is 0. The van der Waals surface area contributed by atoms with E-state index in [9.17, 15) is 13.2 Å². The summed E-state index contributed by atoms with van der Waals surface area (Å²) in [6.45, 7) is 1.48. The molecule has 2 unspecified atom stereocenters. The minimum Gasteiger partial charge on any atom is -0.356 e. The molecule has 1 heterocycles. The van der Waals surface area contributed by atoms with E-state index in [2.05, 4.69) is 15.6 Å². The van der Waals surface area contributed by atoms with Gasteiger partial charge in [-0.3, -0.25) is 4.99 Å². The third-order valence-electron chi connectivity index (χ3n) is 4.93. The van der Waals surface area contributed by atoms with E-state index in [0.717, 1.165) is 18.9 Å². The summed E-state index contributed by atoms with van der Waals surface area (Å²) in [7, 11) is 1.71. The van der Waals surface area contributed by atoms with Gasteiger partial charge in [-0.25, -0.2) is 0 Å². The van der Waals surface area contributed by atoms with Gasteiger partial charge in [0.2, 0.25) is 0 Å². The number of hydrogen-bond donors (Lipinski definition) is 2. The van der Waals surface area contributed by atoms with E-state index in [1.54, 1.807) is 7.05 Å². The molecule has 2 N–H and O–H groups in total. The SMILES string of the molecule is CN=C(NCC1CCSCC1)NCC1CCCC(C(F)(F)F)C1.I. The van der Waals surface area contributed by atoms with Gasteiger partial charge < -0.3 is 10.6 Å². The first-order chi connectivity index (χ1) is 11.0. The van der Waals surface area contributed by atoms with Crippen LogP contribution in [0.2, 0.25) is 0 Å². The number of nitrogens with one attached hydrogen (secondary N) is 2. The van der Waals surface area contributed by atoms with Crippen LogP contribution in [0, 0.1) is 17.8 Å². The number of alkyl halides is 3. The summed E-state index contributed by atoms with van der Waals surface area (Å²) < 4.78 is 38.5. The van der Waals surface area contributed by atoms with Crippen LogP contribution in [-0.2, 0) is 0 Å². The quantitative estimate of drug-likeness (QED) is 0.359. The molecule has 2 fully saturated rings. The molecule has 0 aromatic carbocycles. The second kappa shape index (κ2) is 11.0. The second-order valence-electron chi connectivity index (χ2n) is 6.66. The predicted molar refractivity (Wildman–Crippen MR) is 106 cm³/mol. The molecule has 0 radical (unpaired) electrons. The molecule has 2 atom stereocenters. The highest BCUT2D eigenvalue weighted by Crippen LogP contribution is 2.39. The molecule has 2 aliphatic rings. The Kier molecular flexibility index (Phi) is 10.1. The highest BCUT2D eigenvalue weighted by molar-refractivity contribution is 14.0. The average Bonchev–Trinajstić information content (AvgIpc) is 2.55. The highest BCUT2D eigenvalue weighted by atomic mass is 127. The lowest BCUT2D eigenvalue weighted by Crippen LogP contribution is -2.43. The largest absolute Gasteiger partial charge is 0.391 e. The molecular formula is C16H29F3IN3S. The van der Waals surface area contributed by atoms with E-state index in [1.165, 1.54) is 24.3 Å². The van der Waals surface area contributed by atoms with Gasteiger partial charge in [0.05, 0.1) is 5.92 Å². The van der Waals surface area contributed by atoms with Crippen LogP contribution in [0.4, 0.5) is 13.2 Å². The molecule has 142 valence electrons. The first-order valence-corrected chi connectivity index (χ1v) is 9.73. The molecule has 1 aliphatic heterocycles. The molecule has 2 rings (SSSR count). The predicted octanol–water partition coefficient (Wildman–Crippen LogP) is 4.28. The molecule has 1 aliphatic carbocycles. The summed E-state index contributed by atoms with van der Waals surface area (Å²) in [4.78, 5) is 4.19. The van der Waals surface area contributed by atoms with Crippen LogP contribution in [0.15, 0.2) is 4.99 Å². The lowest BCUT2D eigenvalue weighted by molar-refractivity contribution is -0.185. The normalized spacial score (nSPS) is 26.6. The van der Waals surface area contributed by atoms with Crippen molar-refractivity contribution < 1.29 is 13.2 Å². The first-order valence-electron chi connectivity index (χ1n) is 8.58. The van der Waals surface area contributed by atoms with Gasteiger partial charge in [-0.2, -0.15) is 24.9 Å². The Balaban J connectivity index is 0.00000288. The molecule has 0 amide bonds. The van der Waals surface area contributed by atoms with Gasteiger partial charge in [0.15, 0.2) is 5.96 Å². The molecule has 8 heteroatoms. The Morgan fingerprint density at radius 1 is 1.04 bits per heavy atom. The summed E-state index contributed by atoms with van der Waals surface area (Å²) in [5.74, 6) is 2.80. The van der Waals surface area contributed by atoms with Gasteiger partial charge in [-0.15, -0.1) is 24.0 Å². The van der Waals surface area contributed by atoms with Crippen molar-refractivity contribution in [2.75, 3.05) is 31.6 Å². The summed E-state index contributed by atoms with van der Waals surface area (Å²) in [5, 5.41) is 6.54. The van der Waals surface area contributed by atoms with E-state index in [1.807, 2.05) is 11.8 Å². The van der Waals surface area contributed by atoms with Crippen molar-refractivity contribution in [2.24, 2.45) is 22.7 Å². The van der Waals surface area contributed by atoms with Crippen LogP contribution in [0.5, 0.6) is 0 Å². The molecule has 1 saturated carbocycles. The zero-order valence-electron chi connectivity index (χ0n) is 14.2. The van der Waals surface area contributed by atoms with Crippen LogP contribution >= 0.6 is 35.7 Å². The van der Waals surface area contributed by atoms with Gasteiger partial charge in [0.1, 0.15) is 0 Å². The topological polar surface area (TPSA) is 36.4 Å². The second-order valence-corrected chi connectivity index (χ2v) is 7.89. The molecule has 0 aromatic heterocycles. The van der Waals surface area contributed by atoms with Crippen LogP contribution < -0.4 is 10.6 Å². The third kappa shape index (κ3) is 7.58. The first kappa shape index (κ1) is 22.2. The van der Waals surface area contributed by atoms with E-state index in [4.69, 9.17) is 0 Å². The van der Waals surface area contributed by atoms with E-state index in [-0.39, 0.29) is 42.7 Å². The average molecular weight is 479 g/mol. The van der Waals surface area contributed by atoms with Crippen molar-refractivity contribution in [3.05, 3.63) is 0 Å². The summed E-state index contributed by atoms with van der Waals surface area (Å²) in [5.41, 5.74) is 0. The van der Waals surface area contributed by atoms with Crippen LogP contribution in [0.3, 0.4) is 0 Å². The fraction of sp³-hybridized carbons (Fsp3) is 0.938. The Hall–Kier alpha value is 0.140. The number of aliphatic imine (C=N–C) groups is 1. The summed E-state index contributed by atoms with van der Waals surface area (Å²) >= 11 is 2.00. The monoisotopic (exact) mass is 479 g/mol. The zero-order valence-corrected chi connectivity index (χ0v) is 17.3. The van der Waals surface area contributed by atoms with Gasteiger partial charge in [-0.1, -0.05) is 6.42 Å². The Bertz CT molecular complexity index is 387. The fourth-order valence-electron chi connectivity index (χ4n) is 3.43. The summed E-state index contributed by atoms with van der Waals surface area (Å²) in [6, 6.07) is 0. The Labute approximate surface area is 164 Å². The van der Waals surface area contributed by atoms with Crippen molar-refractivity contribution in [3.8, 4) is 0 Å². The van der Waals surface area contributed by atoms with E-state index >= 15 is 0 Å². The number of hydrogen-bond acceptors (Lipinski definition) is 2. The van der Waals surface area contributed by atoms with E-state index < -0.39 is 12.1 Å². The van der Waals surface area contributed by atoms with E-state index in [0.29, 0.717) is 18.9 Å². The molecule has 3 nitrogen and oxygen atoms in total. The maximum absolute atomic E-state index is 12.8. The zero-order chi connectivity index (χ0) is 16.7. The van der Waals surface area contributed by atoms with Crippen molar-refractivity contribution in [1.29, 1.82) is 0 Å². The minimum atomic E-state index is -4.04. The molecule has 24 heavy (non-hydrogen) atoms. The molecule has 0 bridgehead atoms. The Morgan fingerprint density at radius 3 is 2.25 bits per heavy atom. The Morgan fingerprint density at radius 2 is 1.67 bits per heavy atom. The molecular weight excluding hydrogens is 450 g/mol. The van der Waals surface area contributed by atoms with Crippen molar-refractivity contribution in [2.45, 2.75) is 44.7 Å². The van der Waals surface area contributed by atoms with Crippen LogP contribution in [0.25, 0.3) is 0 Å². The van der Waals surface area contributed by atoms with Gasteiger partial charge >= 0.3 is 6.18 Å². The molecule has 0 aromatic rings. The maximum atomic E-state index is 12.8. The maximum Gasteiger partial charge on any atom is 0.391 e. The summed E-state index contributed by atoms with van der Waals surface area (Å²) in [6.07, 6.45) is 0.478. The highest BCUT2D eigenvalue weighted by Gasteiger charge is 2.42. The van der Waals surface area contributed by atoms with Gasteiger partial charge in [-0.05, 0) is 55.4 Å². The van der Waals surface area contributed by atoms with Crippen molar-refractivity contribution >= 4 is 41.7 Å². The smallest absolute Gasteiger partial charge is 0.356 e. The van der Waals surface area contributed by atoms with Gasteiger partial charge in [0.25, 0.3) is 0 Å². The van der Waals surface area contributed by atoms with Crippen LogP contribution in [0.1, 0.15) is 38.5 Å². The van der Waals surface area contributed by atoms with Crippen LogP contribution in [-0.4, -0.2) is 43.8 Å². The van der Waals surface area contributed by atoms with Crippen molar-refractivity contribution in [1.82, 2.24) is 10.6 Å².